The highest BCUT2D eigenvalue weighted by atomic mass is 32.1. The number of nitrogens with zero attached hydrogens (tertiary/aromatic N) is 1. The summed E-state index contributed by atoms with van der Waals surface area (Å²) in [5.74, 6) is -0.122. The number of rotatable bonds is 5. The fourth-order valence-electron chi connectivity index (χ4n) is 1.70. The highest BCUT2D eigenvalue weighted by molar-refractivity contribution is 7.08. The fraction of sp³-hybridized carbons (Fsp3) is 0.583. The molecule has 1 unspecified atom stereocenters. The van der Waals surface area contributed by atoms with Crippen molar-refractivity contribution in [1.82, 2.24) is 10.2 Å². The Labute approximate surface area is 106 Å². The van der Waals surface area contributed by atoms with Gasteiger partial charge in [0.05, 0.1) is 11.2 Å². The predicted octanol–water partition coefficient (Wildman–Crippen LogP) is 1.10. The largest absolute Gasteiger partial charge is 0.387 e. The minimum Gasteiger partial charge on any atom is -0.387 e. The molecular weight excluding hydrogens is 236 g/mol. The van der Waals surface area contributed by atoms with Gasteiger partial charge in [-0.25, -0.2) is 0 Å². The molecule has 0 fully saturated rings. The summed E-state index contributed by atoms with van der Waals surface area (Å²) in [6, 6.07) is 0. The van der Waals surface area contributed by atoms with Gasteiger partial charge in [-0.15, -0.1) is 0 Å². The Morgan fingerprint density at radius 2 is 2.18 bits per heavy atom. The molecule has 4 nitrogen and oxygen atoms in total. The van der Waals surface area contributed by atoms with Crippen molar-refractivity contribution < 1.29 is 9.90 Å². The summed E-state index contributed by atoms with van der Waals surface area (Å²) in [5, 5.41) is 16.6. The summed E-state index contributed by atoms with van der Waals surface area (Å²) in [5.41, 5.74) is 0.749. The summed E-state index contributed by atoms with van der Waals surface area (Å²) in [6.07, 6.45) is 0. The third-order valence-electron chi connectivity index (χ3n) is 2.39. The summed E-state index contributed by atoms with van der Waals surface area (Å²) in [6.45, 7) is 4.38. The Morgan fingerprint density at radius 1 is 1.53 bits per heavy atom. The van der Waals surface area contributed by atoms with Crippen molar-refractivity contribution in [3.8, 4) is 0 Å². The first-order valence-electron chi connectivity index (χ1n) is 5.50. The van der Waals surface area contributed by atoms with Gasteiger partial charge in [0.25, 0.3) is 5.91 Å². The van der Waals surface area contributed by atoms with Crippen molar-refractivity contribution in [3.63, 3.8) is 0 Å². The SMILES string of the molecule is Cc1cscc1C(=O)NCC(C)(O)CN(C)C. The Balaban J connectivity index is 2.51. The van der Waals surface area contributed by atoms with Crippen LogP contribution in [0.2, 0.25) is 0 Å². The second-order valence-corrected chi connectivity index (χ2v) is 5.63. The van der Waals surface area contributed by atoms with E-state index in [2.05, 4.69) is 5.32 Å². The molecular formula is C12H20N2O2S. The minimum absolute atomic E-state index is 0.122. The number of carbonyl (C=O) groups is 1. The number of amides is 1. The summed E-state index contributed by atoms with van der Waals surface area (Å²) < 4.78 is 0. The zero-order chi connectivity index (χ0) is 13.1. The molecule has 17 heavy (non-hydrogen) atoms. The Kier molecular flexibility index (Phi) is 4.68. The third kappa shape index (κ3) is 4.46. The molecule has 0 spiro atoms. The second-order valence-electron chi connectivity index (χ2n) is 4.89. The van der Waals surface area contributed by atoms with Crippen molar-refractivity contribution in [2.45, 2.75) is 19.4 Å². The molecule has 1 aromatic heterocycles. The topological polar surface area (TPSA) is 52.6 Å². The van der Waals surface area contributed by atoms with E-state index in [1.165, 1.54) is 11.3 Å². The normalized spacial score (nSPS) is 14.7. The molecule has 0 saturated carbocycles. The van der Waals surface area contributed by atoms with E-state index in [9.17, 15) is 9.90 Å². The number of hydrogen-bond acceptors (Lipinski definition) is 4. The summed E-state index contributed by atoms with van der Waals surface area (Å²) in [4.78, 5) is 13.7. The molecule has 0 aliphatic heterocycles. The summed E-state index contributed by atoms with van der Waals surface area (Å²) in [7, 11) is 3.78. The van der Waals surface area contributed by atoms with Crippen LogP contribution in [-0.2, 0) is 0 Å². The van der Waals surface area contributed by atoms with E-state index >= 15 is 0 Å². The molecule has 1 aromatic rings. The van der Waals surface area contributed by atoms with Gasteiger partial charge in [-0.3, -0.25) is 4.79 Å². The van der Waals surface area contributed by atoms with Crippen molar-refractivity contribution in [2.24, 2.45) is 0 Å². The van der Waals surface area contributed by atoms with Crippen LogP contribution in [0.5, 0.6) is 0 Å². The third-order valence-corrected chi connectivity index (χ3v) is 3.25. The first-order valence-corrected chi connectivity index (χ1v) is 6.44. The highest BCUT2D eigenvalue weighted by Gasteiger charge is 2.22. The highest BCUT2D eigenvalue weighted by Crippen LogP contribution is 2.13. The average molecular weight is 256 g/mol. The molecule has 1 amide bonds. The maximum Gasteiger partial charge on any atom is 0.252 e. The molecule has 0 aliphatic carbocycles. The lowest BCUT2D eigenvalue weighted by molar-refractivity contribution is 0.0326. The van der Waals surface area contributed by atoms with Crippen LogP contribution < -0.4 is 5.32 Å². The predicted molar refractivity (Wildman–Crippen MR) is 70.6 cm³/mol. The molecule has 1 rings (SSSR count). The number of hydrogen-bond donors (Lipinski definition) is 2. The molecule has 1 heterocycles. The number of nitrogens with one attached hydrogen (secondary N) is 1. The van der Waals surface area contributed by atoms with Crippen molar-refractivity contribution >= 4 is 17.2 Å². The van der Waals surface area contributed by atoms with Crippen LogP contribution in [0.3, 0.4) is 0 Å². The molecule has 5 heteroatoms. The maximum absolute atomic E-state index is 11.8. The van der Waals surface area contributed by atoms with E-state index in [-0.39, 0.29) is 12.5 Å². The number of carbonyl (C=O) groups excluding carboxylic acids is 1. The van der Waals surface area contributed by atoms with Gasteiger partial charge in [0.15, 0.2) is 0 Å². The van der Waals surface area contributed by atoms with E-state index in [0.29, 0.717) is 12.1 Å². The molecule has 0 bridgehead atoms. The van der Waals surface area contributed by atoms with E-state index in [1.807, 2.05) is 36.7 Å². The first-order chi connectivity index (χ1) is 7.82. The average Bonchev–Trinajstić information content (AvgIpc) is 2.59. The molecule has 2 N–H and O–H groups in total. The molecule has 0 radical (unpaired) electrons. The van der Waals surface area contributed by atoms with Crippen molar-refractivity contribution in [1.29, 1.82) is 0 Å². The number of thiophene rings is 1. The molecule has 0 saturated heterocycles. The van der Waals surface area contributed by atoms with E-state index in [1.54, 1.807) is 6.92 Å². The van der Waals surface area contributed by atoms with Gasteiger partial charge >= 0.3 is 0 Å². The number of likely N-dealkylation sites (N-methyl/N-ethyl adjacent to an activating group) is 1. The zero-order valence-corrected chi connectivity index (χ0v) is 11.6. The monoisotopic (exact) mass is 256 g/mol. The van der Waals surface area contributed by atoms with Crippen molar-refractivity contribution in [3.05, 3.63) is 21.9 Å². The van der Waals surface area contributed by atoms with Gasteiger partial charge in [0.1, 0.15) is 0 Å². The standard InChI is InChI=1S/C12H20N2O2S/c1-9-5-17-6-10(9)11(15)13-7-12(2,16)8-14(3)4/h5-6,16H,7-8H2,1-4H3,(H,13,15). The quantitative estimate of drug-likeness (QED) is 0.829. The molecule has 0 aliphatic rings. The Bertz CT molecular complexity index is 386. The van der Waals surface area contributed by atoms with Gasteiger partial charge < -0.3 is 15.3 Å². The van der Waals surface area contributed by atoms with Crippen molar-refractivity contribution in [2.75, 3.05) is 27.2 Å². The fourth-order valence-corrected chi connectivity index (χ4v) is 2.52. The van der Waals surface area contributed by atoms with Gasteiger partial charge in [0.2, 0.25) is 0 Å². The van der Waals surface area contributed by atoms with Crippen LogP contribution in [0.25, 0.3) is 0 Å². The molecule has 1 atom stereocenters. The Morgan fingerprint density at radius 3 is 2.65 bits per heavy atom. The lowest BCUT2D eigenvalue weighted by Crippen LogP contribution is -2.47. The van der Waals surface area contributed by atoms with Gasteiger partial charge in [-0.05, 0) is 38.9 Å². The Hall–Kier alpha value is -0.910. The van der Waals surface area contributed by atoms with Crippen LogP contribution in [0.1, 0.15) is 22.8 Å². The van der Waals surface area contributed by atoms with E-state index in [0.717, 1.165) is 5.56 Å². The van der Waals surface area contributed by atoms with Crippen LogP contribution >= 0.6 is 11.3 Å². The van der Waals surface area contributed by atoms with E-state index < -0.39 is 5.60 Å². The lowest BCUT2D eigenvalue weighted by Gasteiger charge is -2.27. The van der Waals surface area contributed by atoms with Crippen LogP contribution in [-0.4, -0.2) is 48.7 Å². The summed E-state index contributed by atoms with van der Waals surface area (Å²) >= 11 is 1.51. The van der Waals surface area contributed by atoms with Gasteiger partial charge in [-0.2, -0.15) is 11.3 Å². The number of aliphatic hydroxyl groups is 1. The van der Waals surface area contributed by atoms with Crippen LogP contribution in [0.15, 0.2) is 10.8 Å². The smallest absolute Gasteiger partial charge is 0.252 e. The molecule has 96 valence electrons. The van der Waals surface area contributed by atoms with Gasteiger partial charge in [-0.1, -0.05) is 0 Å². The second kappa shape index (κ2) is 5.62. The maximum atomic E-state index is 11.8. The van der Waals surface area contributed by atoms with Gasteiger partial charge in [0, 0.05) is 18.5 Å². The minimum atomic E-state index is -0.914. The van der Waals surface area contributed by atoms with E-state index in [4.69, 9.17) is 0 Å². The lowest BCUT2D eigenvalue weighted by atomic mass is 10.1. The first kappa shape index (κ1) is 14.2. The van der Waals surface area contributed by atoms with Crippen LogP contribution in [0.4, 0.5) is 0 Å². The van der Waals surface area contributed by atoms with Crippen LogP contribution in [0, 0.1) is 6.92 Å². The zero-order valence-electron chi connectivity index (χ0n) is 10.8. The molecule has 0 aromatic carbocycles. The number of aryl methyl sites for hydroxylation is 1.